The summed E-state index contributed by atoms with van der Waals surface area (Å²) in [6.07, 6.45) is 0. The Morgan fingerprint density at radius 2 is 2.12 bits per heavy atom. The van der Waals surface area contributed by atoms with Gasteiger partial charge in [0.2, 0.25) is 10.0 Å². The van der Waals surface area contributed by atoms with Crippen molar-refractivity contribution >= 4 is 21.6 Å². The predicted octanol–water partition coefficient (Wildman–Crippen LogP) is 1.06. The highest BCUT2D eigenvalue weighted by Gasteiger charge is 2.23. The van der Waals surface area contributed by atoms with E-state index >= 15 is 0 Å². The van der Waals surface area contributed by atoms with Crippen LogP contribution in [0.15, 0.2) is 23.1 Å². The number of nitrogens with zero attached hydrogens (tertiary/aromatic N) is 1. The molecule has 0 saturated heterocycles. The van der Waals surface area contributed by atoms with E-state index in [1.165, 1.54) is 13.1 Å². The molecule has 2 N–H and O–H groups in total. The molecular weight excluding hydrogens is 255 g/mol. The topological polar surface area (TPSA) is 63.4 Å². The number of hydrogen-bond donors (Lipinski definition) is 1. The fourth-order valence-corrected chi connectivity index (χ4v) is 2.81. The molecule has 0 radical (unpaired) electrons. The van der Waals surface area contributed by atoms with Crippen molar-refractivity contribution in [2.45, 2.75) is 4.90 Å². The number of nitrogens with two attached hydrogens (primary N) is 1. The SMILES string of the molecule is CN(CCN)S(=O)(=O)c1cc(F)ccc1Cl. The monoisotopic (exact) mass is 266 g/mol. The molecule has 0 atom stereocenters. The van der Waals surface area contributed by atoms with Gasteiger partial charge in [0.25, 0.3) is 0 Å². The molecule has 0 aliphatic heterocycles. The lowest BCUT2D eigenvalue weighted by Gasteiger charge is -2.16. The van der Waals surface area contributed by atoms with Gasteiger partial charge in [-0.1, -0.05) is 11.6 Å². The Balaban J connectivity index is 3.21. The Morgan fingerprint density at radius 3 is 2.69 bits per heavy atom. The van der Waals surface area contributed by atoms with E-state index in [0.29, 0.717) is 0 Å². The lowest BCUT2D eigenvalue weighted by Crippen LogP contribution is -2.32. The van der Waals surface area contributed by atoms with Crippen LogP contribution in [-0.4, -0.2) is 32.9 Å². The molecule has 0 aliphatic rings. The minimum atomic E-state index is -3.77. The standard InChI is InChI=1S/C9H12ClFN2O2S/c1-13(5-4-12)16(14,15)9-6-7(11)2-3-8(9)10/h2-3,6H,4-5,12H2,1H3. The van der Waals surface area contributed by atoms with E-state index in [1.807, 2.05) is 0 Å². The molecule has 1 aromatic carbocycles. The summed E-state index contributed by atoms with van der Waals surface area (Å²) in [4.78, 5) is -0.245. The van der Waals surface area contributed by atoms with Crippen molar-refractivity contribution in [2.75, 3.05) is 20.1 Å². The molecule has 0 spiro atoms. The smallest absolute Gasteiger partial charge is 0.244 e. The average Bonchev–Trinajstić information content (AvgIpc) is 2.22. The van der Waals surface area contributed by atoms with Crippen molar-refractivity contribution < 1.29 is 12.8 Å². The van der Waals surface area contributed by atoms with Crippen LogP contribution in [0.1, 0.15) is 0 Å². The lowest BCUT2D eigenvalue weighted by atomic mass is 10.3. The van der Waals surface area contributed by atoms with Gasteiger partial charge in [-0.15, -0.1) is 0 Å². The summed E-state index contributed by atoms with van der Waals surface area (Å²) in [7, 11) is -2.41. The molecule has 4 nitrogen and oxygen atoms in total. The predicted molar refractivity (Wildman–Crippen MR) is 60.3 cm³/mol. The van der Waals surface area contributed by atoms with Crippen LogP contribution < -0.4 is 5.73 Å². The van der Waals surface area contributed by atoms with Gasteiger partial charge >= 0.3 is 0 Å². The van der Waals surface area contributed by atoms with Crippen molar-refractivity contribution in [3.63, 3.8) is 0 Å². The van der Waals surface area contributed by atoms with Crippen molar-refractivity contribution in [3.05, 3.63) is 29.0 Å². The lowest BCUT2D eigenvalue weighted by molar-refractivity contribution is 0.476. The Bertz CT molecular complexity index is 478. The summed E-state index contributed by atoms with van der Waals surface area (Å²) in [6.45, 7) is 0.331. The van der Waals surface area contributed by atoms with E-state index in [1.54, 1.807) is 0 Å². The summed E-state index contributed by atoms with van der Waals surface area (Å²) in [5, 5.41) is -0.00901. The van der Waals surface area contributed by atoms with Crippen LogP contribution in [0.5, 0.6) is 0 Å². The van der Waals surface area contributed by atoms with Crippen LogP contribution >= 0.6 is 11.6 Å². The summed E-state index contributed by atoms with van der Waals surface area (Å²) in [6, 6.07) is 3.20. The molecule has 0 aromatic heterocycles. The third-order valence-corrected chi connectivity index (χ3v) is 4.36. The zero-order chi connectivity index (χ0) is 12.3. The molecule has 0 amide bonds. The largest absolute Gasteiger partial charge is 0.329 e. The van der Waals surface area contributed by atoms with Gasteiger partial charge in [-0.25, -0.2) is 12.8 Å². The van der Waals surface area contributed by atoms with Crippen LogP contribution in [0.25, 0.3) is 0 Å². The molecule has 0 fully saturated rings. The number of benzene rings is 1. The molecule has 1 aromatic rings. The van der Waals surface area contributed by atoms with Gasteiger partial charge in [0.1, 0.15) is 10.7 Å². The molecule has 7 heteroatoms. The van der Waals surface area contributed by atoms with Gasteiger partial charge in [0.15, 0.2) is 0 Å². The maximum atomic E-state index is 13.0. The Hall–Kier alpha value is -0.690. The van der Waals surface area contributed by atoms with E-state index < -0.39 is 15.8 Å². The second-order valence-electron chi connectivity index (χ2n) is 3.19. The average molecular weight is 267 g/mol. The van der Waals surface area contributed by atoms with Crippen LogP contribution in [0.4, 0.5) is 4.39 Å². The maximum absolute atomic E-state index is 13.0. The van der Waals surface area contributed by atoms with Gasteiger partial charge in [-0.3, -0.25) is 0 Å². The van der Waals surface area contributed by atoms with E-state index in [4.69, 9.17) is 17.3 Å². The van der Waals surface area contributed by atoms with Crippen LogP contribution in [-0.2, 0) is 10.0 Å². The van der Waals surface area contributed by atoms with Crippen molar-refractivity contribution in [2.24, 2.45) is 5.73 Å². The third kappa shape index (κ3) is 2.70. The zero-order valence-corrected chi connectivity index (χ0v) is 10.2. The van der Waals surface area contributed by atoms with Crippen LogP contribution in [0.2, 0.25) is 5.02 Å². The summed E-state index contributed by atoms with van der Waals surface area (Å²) < 4.78 is 37.8. The number of rotatable bonds is 4. The van der Waals surface area contributed by atoms with Crippen LogP contribution in [0, 0.1) is 5.82 Å². The number of halogens is 2. The molecule has 90 valence electrons. The molecule has 16 heavy (non-hydrogen) atoms. The molecule has 0 bridgehead atoms. The van der Waals surface area contributed by atoms with Crippen LogP contribution in [0.3, 0.4) is 0 Å². The summed E-state index contributed by atoms with van der Waals surface area (Å²) in [5.74, 6) is -0.649. The van der Waals surface area contributed by atoms with Gasteiger partial charge < -0.3 is 5.73 Å². The molecular formula is C9H12ClFN2O2S. The number of sulfonamides is 1. The van der Waals surface area contributed by atoms with Crippen molar-refractivity contribution in [1.82, 2.24) is 4.31 Å². The fourth-order valence-electron chi connectivity index (χ4n) is 1.14. The number of hydrogen-bond acceptors (Lipinski definition) is 3. The first kappa shape index (κ1) is 13.4. The molecule has 0 unspecified atom stereocenters. The minimum absolute atomic E-state index is 0.00901. The van der Waals surface area contributed by atoms with Crippen molar-refractivity contribution in [1.29, 1.82) is 0 Å². The maximum Gasteiger partial charge on any atom is 0.244 e. The van der Waals surface area contributed by atoms with E-state index in [0.717, 1.165) is 16.4 Å². The van der Waals surface area contributed by atoms with Gasteiger partial charge in [-0.2, -0.15) is 4.31 Å². The first-order valence-corrected chi connectivity index (χ1v) is 6.33. The molecule has 0 heterocycles. The zero-order valence-electron chi connectivity index (χ0n) is 8.65. The van der Waals surface area contributed by atoms with E-state index in [-0.39, 0.29) is 23.0 Å². The van der Waals surface area contributed by atoms with Gasteiger partial charge in [0.05, 0.1) is 5.02 Å². The summed E-state index contributed by atoms with van der Waals surface area (Å²) in [5.41, 5.74) is 5.26. The molecule has 0 saturated carbocycles. The normalized spacial score (nSPS) is 12.1. The first-order valence-electron chi connectivity index (χ1n) is 4.51. The highest BCUT2D eigenvalue weighted by molar-refractivity contribution is 7.89. The Labute approximate surface area is 98.9 Å². The molecule has 0 aliphatic carbocycles. The van der Waals surface area contributed by atoms with E-state index in [2.05, 4.69) is 0 Å². The fraction of sp³-hybridized carbons (Fsp3) is 0.333. The molecule has 1 rings (SSSR count). The van der Waals surface area contributed by atoms with Gasteiger partial charge in [0, 0.05) is 20.1 Å². The van der Waals surface area contributed by atoms with E-state index in [9.17, 15) is 12.8 Å². The third-order valence-electron chi connectivity index (χ3n) is 2.03. The second kappa shape index (κ2) is 5.09. The Morgan fingerprint density at radius 1 is 1.50 bits per heavy atom. The number of likely N-dealkylation sites (N-methyl/N-ethyl adjacent to an activating group) is 1. The Kier molecular flexibility index (Phi) is 4.26. The quantitative estimate of drug-likeness (QED) is 0.886. The summed E-state index contributed by atoms with van der Waals surface area (Å²) >= 11 is 5.72. The minimum Gasteiger partial charge on any atom is -0.329 e. The highest BCUT2D eigenvalue weighted by Crippen LogP contribution is 2.24. The highest BCUT2D eigenvalue weighted by atomic mass is 35.5. The van der Waals surface area contributed by atoms with Gasteiger partial charge in [-0.05, 0) is 18.2 Å². The van der Waals surface area contributed by atoms with Crippen molar-refractivity contribution in [3.8, 4) is 0 Å². The second-order valence-corrected chi connectivity index (χ2v) is 5.61. The first-order chi connectivity index (χ1) is 7.39.